The van der Waals surface area contributed by atoms with E-state index in [2.05, 4.69) is 10.1 Å². The average molecular weight is 375 g/mol. The van der Waals surface area contributed by atoms with E-state index in [0.717, 1.165) is 5.56 Å². The highest BCUT2D eigenvalue weighted by Crippen LogP contribution is 2.27. The first-order chi connectivity index (χ1) is 13.1. The van der Waals surface area contributed by atoms with Crippen molar-refractivity contribution in [2.24, 2.45) is 5.92 Å². The third kappa shape index (κ3) is 4.64. The number of carbonyl (C=O) groups is 1. The van der Waals surface area contributed by atoms with E-state index < -0.39 is 6.10 Å². The van der Waals surface area contributed by atoms with E-state index in [9.17, 15) is 9.90 Å². The summed E-state index contributed by atoms with van der Waals surface area (Å²) in [5.74, 6) is 1.60. The summed E-state index contributed by atoms with van der Waals surface area (Å²) in [6, 6.07) is 7.41. The molecule has 2 N–H and O–H groups in total. The molecule has 8 nitrogen and oxygen atoms in total. The molecule has 1 aromatic carbocycles. The number of methoxy groups -OCH3 is 1. The van der Waals surface area contributed by atoms with Crippen LogP contribution in [0.2, 0.25) is 0 Å². The third-order valence-electron chi connectivity index (χ3n) is 4.99. The number of benzene rings is 1. The zero-order valence-electron chi connectivity index (χ0n) is 15.4. The molecule has 2 aromatic rings. The summed E-state index contributed by atoms with van der Waals surface area (Å²) in [5.41, 5.74) is 0.742. The number of aromatic nitrogens is 2. The molecule has 3 rings (SSSR count). The van der Waals surface area contributed by atoms with Crippen LogP contribution in [0.1, 0.15) is 25.2 Å². The fraction of sp³-hybridized carbons (Fsp3) is 0.526. The quantitative estimate of drug-likeness (QED) is 0.750. The van der Waals surface area contributed by atoms with Gasteiger partial charge in [-0.25, -0.2) is 0 Å². The van der Waals surface area contributed by atoms with Crippen LogP contribution in [0.3, 0.4) is 0 Å². The summed E-state index contributed by atoms with van der Waals surface area (Å²) >= 11 is 0. The standard InChI is InChI=1S/C19H25N3O5/c1-26-16-5-3-2-4-14(16)19-20-17(27-21-19)6-7-18(25)22-10-8-13(9-11-22)15(24)12-23/h2-5,13,15,23-24H,6-12H2,1H3. The minimum atomic E-state index is -0.700. The highest BCUT2D eigenvalue weighted by atomic mass is 16.5. The topological polar surface area (TPSA) is 109 Å². The van der Waals surface area contributed by atoms with Gasteiger partial charge in [0.1, 0.15) is 5.75 Å². The van der Waals surface area contributed by atoms with Gasteiger partial charge in [-0.1, -0.05) is 17.3 Å². The molecule has 146 valence electrons. The molecule has 1 aliphatic heterocycles. The number of ether oxygens (including phenoxy) is 1. The zero-order valence-corrected chi connectivity index (χ0v) is 15.4. The van der Waals surface area contributed by atoms with Gasteiger partial charge >= 0.3 is 0 Å². The van der Waals surface area contributed by atoms with Crippen LogP contribution in [0.25, 0.3) is 11.4 Å². The summed E-state index contributed by atoms with van der Waals surface area (Å²) in [7, 11) is 1.58. The molecule has 0 aliphatic carbocycles. The first kappa shape index (κ1) is 19.3. The predicted octanol–water partition coefficient (Wildman–Crippen LogP) is 1.27. The van der Waals surface area contributed by atoms with Crippen LogP contribution < -0.4 is 4.74 Å². The Hall–Kier alpha value is -2.45. The molecule has 27 heavy (non-hydrogen) atoms. The molecule has 1 fully saturated rings. The first-order valence-electron chi connectivity index (χ1n) is 9.15. The number of rotatable bonds is 7. The van der Waals surface area contributed by atoms with E-state index in [-0.39, 0.29) is 18.4 Å². The van der Waals surface area contributed by atoms with Gasteiger partial charge in [0.05, 0.1) is 25.4 Å². The molecule has 1 saturated heterocycles. The summed E-state index contributed by atoms with van der Waals surface area (Å²) < 4.78 is 10.6. The van der Waals surface area contributed by atoms with Gasteiger partial charge in [0.2, 0.25) is 17.6 Å². The van der Waals surface area contributed by atoms with Crippen molar-refractivity contribution in [2.75, 3.05) is 26.8 Å². The fourth-order valence-electron chi connectivity index (χ4n) is 3.35. The van der Waals surface area contributed by atoms with Crippen molar-refractivity contribution in [3.63, 3.8) is 0 Å². The smallest absolute Gasteiger partial charge is 0.227 e. The lowest BCUT2D eigenvalue weighted by atomic mass is 9.91. The van der Waals surface area contributed by atoms with Gasteiger partial charge in [0.25, 0.3) is 0 Å². The summed E-state index contributed by atoms with van der Waals surface area (Å²) in [6.45, 7) is 0.956. The van der Waals surface area contributed by atoms with E-state index in [1.54, 1.807) is 12.0 Å². The third-order valence-corrected chi connectivity index (χ3v) is 4.99. The minimum absolute atomic E-state index is 0.0315. The fourth-order valence-corrected chi connectivity index (χ4v) is 3.35. The van der Waals surface area contributed by atoms with E-state index in [0.29, 0.717) is 56.2 Å². The molecule has 1 aliphatic rings. The van der Waals surface area contributed by atoms with Crippen molar-refractivity contribution in [3.8, 4) is 17.1 Å². The highest BCUT2D eigenvalue weighted by molar-refractivity contribution is 5.76. The molecule has 1 amide bonds. The molecule has 0 radical (unpaired) electrons. The predicted molar refractivity (Wildman–Crippen MR) is 97.0 cm³/mol. The Bertz CT molecular complexity index is 755. The van der Waals surface area contributed by atoms with Crippen LogP contribution in [0.4, 0.5) is 0 Å². The van der Waals surface area contributed by atoms with Crippen molar-refractivity contribution in [3.05, 3.63) is 30.2 Å². The largest absolute Gasteiger partial charge is 0.496 e. The van der Waals surface area contributed by atoms with Crippen LogP contribution in [0, 0.1) is 5.92 Å². The number of hydrogen-bond acceptors (Lipinski definition) is 7. The number of hydrogen-bond donors (Lipinski definition) is 2. The van der Waals surface area contributed by atoms with Crippen LogP contribution in [-0.4, -0.2) is 64.1 Å². The SMILES string of the molecule is COc1ccccc1-c1noc(CCC(=O)N2CCC(C(O)CO)CC2)n1. The molecule has 0 bridgehead atoms. The van der Waals surface area contributed by atoms with Gasteiger partial charge in [-0.3, -0.25) is 4.79 Å². The van der Waals surface area contributed by atoms with E-state index in [1.807, 2.05) is 24.3 Å². The number of nitrogens with zero attached hydrogens (tertiary/aromatic N) is 3. The maximum Gasteiger partial charge on any atom is 0.227 e. The van der Waals surface area contributed by atoms with Gasteiger partial charge in [0.15, 0.2) is 0 Å². The second-order valence-electron chi connectivity index (χ2n) is 6.68. The van der Waals surface area contributed by atoms with Crippen LogP contribution in [-0.2, 0) is 11.2 Å². The number of likely N-dealkylation sites (tertiary alicyclic amines) is 1. The maximum absolute atomic E-state index is 12.4. The lowest BCUT2D eigenvalue weighted by Gasteiger charge is -2.33. The van der Waals surface area contributed by atoms with Crippen molar-refractivity contribution < 1.29 is 24.3 Å². The molecule has 8 heteroatoms. The maximum atomic E-state index is 12.4. The number of para-hydroxylation sites is 1. The van der Waals surface area contributed by atoms with E-state index in [4.69, 9.17) is 14.4 Å². The van der Waals surface area contributed by atoms with E-state index in [1.165, 1.54) is 0 Å². The summed E-state index contributed by atoms with van der Waals surface area (Å²) in [4.78, 5) is 18.6. The van der Waals surface area contributed by atoms with Crippen LogP contribution >= 0.6 is 0 Å². The summed E-state index contributed by atoms with van der Waals surface area (Å²) in [5, 5.41) is 22.7. The lowest BCUT2D eigenvalue weighted by Crippen LogP contribution is -2.42. The monoisotopic (exact) mass is 375 g/mol. The summed E-state index contributed by atoms with van der Waals surface area (Å²) in [6.07, 6.45) is 1.37. The van der Waals surface area contributed by atoms with Gasteiger partial charge in [-0.05, 0) is 30.9 Å². The molecule has 2 heterocycles. The molecule has 1 aromatic heterocycles. The Morgan fingerprint density at radius 3 is 2.81 bits per heavy atom. The Morgan fingerprint density at radius 2 is 2.11 bits per heavy atom. The molecular weight excluding hydrogens is 350 g/mol. The number of aliphatic hydroxyl groups excluding tert-OH is 2. The van der Waals surface area contributed by atoms with Gasteiger partial charge in [0, 0.05) is 25.9 Å². The second-order valence-corrected chi connectivity index (χ2v) is 6.68. The van der Waals surface area contributed by atoms with E-state index >= 15 is 0 Å². The molecule has 1 atom stereocenters. The van der Waals surface area contributed by atoms with Gasteiger partial charge < -0.3 is 24.4 Å². The lowest BCUT2D eigenvalue weighted by molar-refractivity contribution is -0.133. The molecular formula is C19H25N3O5. The number of carbonyl (C=O) groups excluding carboxylic acids is 1. The van der Waals surface area contributed by atoms with Gasteiger partial charge in [-0.2, -0.15) is 4.98 Å². The molecule has 1 unspecified atom stereocenters. The average Bonchev–Trinajstić information content (AvgIpc) is 3.20. The number of aryl methyl sites for hydroxylation is 1. The van der Waals surface area contributed by atoms with Crippen molar-refractivity contribution >= 4 is 5.91 Å². The zero-order chi connectivity index (χ0) is 19.2. The Balaban J connectivity index is 1.52. The molecule has 0 saturated carbocycles. The first-order valence-corrected chi connectivity index (χ1v) is 9.15. The Morgan fingerprint density at radius 1 is 1.37 bits per heavy atom. The second kappa shape index (κ2) is 8.96. The Kier molecular flexibility index (Phi) is 6.41. The van der Waals surface area contributed by atoms with Crippen molar-refractivity contribution in [2.45, 2.75) is 31.8 Å². The number of amides is 1. The van der Waals surface area contributed by atoms with Gasteiger partial charge in [-0.15, -0.1) is 0 Å². The highest BCUT2D eigenvalue weighted by Gasteiger charge is 2.27. The number of piperidine rings is 1. The van der Waals surface area contributed by atoms with Crippen molar-refractivity contribution in [1.29, 1.82) is 0 Å². The van der Waals surface area contributed by atoms with Crippen LogP contribution in [0.15, 0.2) is 28.8 Å². The minimum Gasteiger partial charge on any atom is -0.496 e. The normalized spacial score (nSPS) is 16.3. The molecule has 0 spiro atoms. The van der Waals surface area contributed by atoms with Crippen LogP contribution in [0.5, 0.6) is 5.75 Å². The number of aliphatic hydroxyl groups is 2. The van der Waals surface area contributed by atoms with Crippen molar-refractivity contribution in [1.82, 2.24) is 15.0 Å². The Labute approximate surface area is 157 Å².